The fraction of sp³-hybridized carbons (Fsp3) is 0.385. The standard InChI is InChI=1S/C26H29ClN2O4/c1-4-28(15-18-11-12-33-16-18)25(30)14-22-17(2)29(24-10-9-21(32-3)13-23(22)24)26(31)19-5-7-20(27)8-6-19/h5-10,13,18H,4,11-12,14-16H2,1-3H3. The second kappa shape index (κ2) is 9.98. The van der Waals surface area contributed by atoms with Crippen LogP contribution in [-0.4, -0.2) is 54.7 Å². The third-order valence-electron chi connectivity index (χ3n) is 6.40. The molecule has 0 spiro atoms. The zero-order chi connectivity index (χ0) is 23.5. The van der Waals surface area contributed by atoms with E-state index in [9.17, 15) is 9.59 Å². The van der Waals surface area contributed by atoms with Crippen LogP contribution in [0.2, 0.25) is 5.02 Å². The molecule has 0 radical (unpaired) electrons. The van der Waals surface area contributed by atoms with Crippen LogP contribution in [0.25, 0.3) is 10.9 Å². The van der Waals surface area contributed by atoms with E-state index in [2.05, 4.69) is 0 Å². The number of methoxy groups -OCH3 is 1. The van der Waals surface area contributed by atoms with Gasteiger partial charge in [0.2, 0.25) is 5.91 Å². The number of fused-ring (bicyclic) bond motifs is 1. The number of benzene rings is 2. The van der Waals surface area contributed by atoms with Gasteiger partial charge in [-0.05, 0) is 68.3 Å². The van der Waals surface area contributed by atoms with Gasteiger partial charge in [0.05, 0.1) is 25.7 Å². The van der Waals surface area contributed by atoms with Gasteiger partial charge in [-0.1, -0.05) is 11.6 Å². The number of likely N-dealkylation sites (N-methyl/N-ethyl adjacent to an activating group) is 1. The first-order chi connectivity index (χ1) is 15.9. The molecule has 1 amide bonds. The van der Waals surface area contributed by atoms with E-state index in [4.69, 9.17) is 21.1 Å². The molecule has 1 unspecified atom stereocenters. The maximum absolute atomic E-state index is 13.4. The summed E-state index contributed by atoms with van der Waals surface area (Å²) in [4.78, 5) is 28.7. The maximum atomic E-state index is 13.4. The first-order valence-corrected chi connectivity index (χ1v) is 11.6. The molecule has 2 aromatic carbocycles. The maximum Gasteiger partial charge on any atom is 0.262 e. The lowest BCUT2D eigenvalue weighted by atomic mass is 10.0. The second-order valence-electron chi connectivity index (χ2n) is 8.43. The lowest BCUT2D eigenvalue weighted by Crippen LogP contribution is -2.36. The van der Waals surface area contributed by atoms with Gasteiger partial charge in [0.15, 0.2) is 0 Å². The summed E-state index contributed by atoms with van der Waals surface area (Å²) in [6.07, 6.45) is 1.20. The molecule has 0 N–H and O–H groups in total. The van der Waals surface area contributed by atoms with Gasteiger partial charge in [0, 0.05) is 47.3 Å². The fourth-order valence-corrected chi connectivity index (χ4v) is 4.63. The molecule has 0 aliphatic carbocycles. The summed E-state index contributed by atoms with van der Waals surface area (Å²) >= 11 is 6.01. The van der Waals surface area contributed by atoms with Gasteiger partial charge in [-0.3, -0.25) is 14.2 Å². The predicted octanol–water partition coefficient (Wildman–Crippen LogP) is 4.73. The first kappa shape index (κ1) is 23.3. The van der Waals surface area contributed by atoms with Gasteiger partial charge in [-0.25, -0.2) is 0 Å². The van der Waals surface area contributed by atoms with Crippen molar-refractivity contribution in [2.24, 2.45) is 5.92 Å². The van der Waals surface area contributed by atoms with Crippen molar-refractivity contribution in [2.75, 3.05) is 33.4 Å². The van der Waals surface area contributed by atoms with Gasteiger partial charge >= 0.3 is 0 Å². The van der Waals surface area contributed by atoms with E-state index >= 15 is 0 Å². The minimum Gasteiger partial charge on any atom is -0.497 e. The van der Waals surface area contributed by atoms with Gasteiger partial charge < -0.3 is 14.4 Å². The van der Waals surface area contributed by atoms with E-state index < -0.39 is 0 Å². The molecule has 2 heterocycles. The fourth-order valence-electron chi connectivity index (χ4n) is 4.51. The first-order valence-electron chi connectivity index (χ1n) is 11.3. The predicted molar refractivity (Wildman–Crippen MR) is 129 cm³/mol. The average Bonchev–Trinajstić information content (AvgIpc) is 3.43. The Kier molecular flexibility index (Phi) is 7.05. The molecule has 4 rings (SSSR count). The number of nitrogens with zero attached hydrogens (tertiary/aromatic N) is 2. The minimum absolute atomic E-state index is 0.0494. The third-order valence-corrected chi connectivity index (χ3v) is 6.65. The number of ether oxygens (including phenoxy) is 2. The molecule has 0 bridgehead atoms. The van der Waals surface area contributed by atoms with Gasteiger partial charge in [0.25, 0.3) is 5.91 Å². The van der Waals surface area contributed by atoms with Gasteiger partial charge in [-0.2, -0.15) is 0 Å². The van der Waals surface area contributed by atoms with Crippen molar-refractivity contribution >= 4 is 34.3 Å². The van der Waals surface area contributed by atoms with Crippen molar-refractivity contribution in [1.29, 1.82) is 0 Å². The van der Waals surface area contributed by atoms with Crippen LogP contribution in [0.5, 0.6) is 5.75 Å². The van der Waals surface area contributed by atoms with Crippen LogP contribution in [0.15, 0.2) is 42.5 Å². The van der Waals surface area contributed by atoms with E-state index in [1.807, 2.05) is 36.9 Å². The van der Waals surface area contributed by atoms with Crippen LogP contribution in [0.4, 0.5) is 0 Å². The lowest BCUT2D eigenvalue weighted by Gasteiger charge is -2.24. The van der Waals surface area contributed by atoms with Crippen molar-refractivity contribution in [1.82, 2.24) is 9.47 Å². The molecule has 1 saturated heterocycles. The molecular weight excluding hydrogens is 440 g/mol. The Balaban J connectivity index is 1.72. The Morgan fingerprint density at radius 3 is 2.61 bits per heavy atom. The second-order valence-corrected chi connectivity index (χ2v) is 8.87. The highest BCUT2D eigenvalue weighted by Crippen LogP contribution is 2.31. The molecule has 0 saturated carbocycles. The molecular formula is C26H29ClN2O4. The van der Waals surface area contributed by atoms with Gasteiger partial charge in [-0.15, -0.1) is 0 Å². The third kappa shape index (κ3) is 4.77. The summed E-state index contributed by atoms with van der Waals surface area (Å²) in [6.45, 7) is 6.69. The molecule has 33 heavy (non-hydrogen) atoms. The van der Waals surface area contributed by atoms with Crippen LogP contribution >= 0.6 is 11.6 Å². The Morgan fingerprint density at radius 2 is 1.97 bits per heavy atom. The number of aromatic nitrogens is 1. The van der Waals surface area contributed by atoms with Crippen LogP contribution < -0.4 is 4.74 Å². The van der Waals surface area contributed by atoms with Crippen molar-refractivity contribution < 1.29 is 19.1 Å². The highest BCUT2D eigenvalue weighted by Gasteiger charge is 2.25. The number of amides is 1. The molecule has 1 aliphatic heterocycles. The van der Waals surface area contributed by atoms with Crippen LogP contribution in [0, 0.1) is 12.8 Å². The van der Waals surface area contributed by atoms with E-state index in [-0.39, 0.29) is 18.2 Å². The SMILES string of the molecule is CCN(CC1CCOC1)C(=O)Cc1c(C)n(C(=O)c2ccc(Cl)cc2)c2ccc(OC)cc12. The Morgan fingerprint density at radius 1 is 1.21 bits per heavy atom. The van der Waals surface area contributed by atoms with Crippen LogP contribution in [0.1, 0.15) is 35.0 Å². The van der Waals surface area contributed by atoms with E-state index in [1.165, 1.54) is 0 Å². The number of halogens is 1. The highest BCUT2D eigenvalue weighted by atomic mass is 35.5. The largest absolute Gasteiger partial charge is 0.497 e. The molecule has 3 aromatic rings. The van der Waals surface area contributed by atoms with E-state index in [1.54, 1.807) is 35.9 Å². The van der Waals surface area contributed by atoms with E-state index in [0.717, 1.165) is 35.2 Å². The summed E-state index contributed by atoms with van der Waals surface area (Å²) in [5.74, 6) is 0.951. The smallest absolute Gasteiger partial charge is 0.262 e. The summed E-state index contributed by atoms with van der Waals surface area (Å²) in [5, 5.41) is 1.42. The highest BCUT2D eigenvalue weighted by molar-refractivity contribution is 6.30. The molecule has 1 aliphatic rings. The molecule has 6 nitrogen and oxygen atoms in total. The Hall–Kier alpha value is -2.83. The molecule has 1 atom stereocenters. The quantitative estimate of drug-likeness (QED) is 0.503. The Bertz CT molecular complexity index is 1160. The summed E-state index contributed by atoms with van der Waals surface area (Å²) in [5.41, 5.74) is 2.89. The number of hydrogen-bond acceptors (Lipinski definition) is 4. The lowest BCUT2D eigenvalue weighted by molar-refractivity contribution is -0.130. The average molecular weight is 469 g/mol. The summed E-state index contributed by atoms with van der Waals surface area (Å²) in [6, 6.07) is 12.4. The van der Waals surface area contributed by atoms with Crippen LogP contribution in [0.3, 0.4) is 0 Å². The zero-order valence-electron chi connectivity index (χ0n) is 19.3. The van der Waals surface area contributed by atoms with Crippen molar-refractivity contribution in [3.8, 4) is 5.75 Å². The number of carbonyl (C=O) groups is 2. The molecule has 1 fully saturated rings. The number of hydrogen-bond donors (Lipinski definition) is 0. The molecule has 1 aromatic heterocycles. The van der Waals surface area contributed by atoms with Crippen molar-refractivity contribution in [3.63, 3.8) is 0 Å². The number of carbonyl (C=O) groups excluding carboxylic acids is 2. The summed E-state index contributed by atoms with van der Waals surface area (Å²) < 4.78 is 12.6. The van der Waals surface area contributed by atoms with Gasteiger partial charge in [0.1, 0.15) is 5.75 Å². The zero-order valence-corrected chi connectivity index (χ0v) is 20.0. The molecule has 174 valence electrons. The number of rotatable bonds is 7. The molecule has 7 heteroatoms. The van der Waals surface area contributed by atoms with Crippen molar-refractivity contribution in [2.45, 2.75) is 26.7 Å². The van der Waals surface area contributed by atoms with Crippen molar-refractivity contribution in [3.05, 3.63) is 64.3 Å². The summed E-state index contributed by atoms with van der Waals surface area (Å²) in [7, 11) is 1.61. The normalized spacial score (nSPS) is 15.7. The minimum atomic E-state index is -0.159. The topological polar surface area (TPSA) is 60.8 Å². The monoisotopic (exact) mass is 468 g/mol. The Labute approximate surface area is 199 Å². The van der Waals surface area contributed by atoms with E-state index in [0.29, 0.717) is 41.9 Å². The van der Waals surface area contributed by atoms with Crippen LogP contribution in [-0.2, 0) is 16.0 Å².